The molecule has 1 aliphatic rings. The van der Waals surface area contributed by atoms with Gasteiger partial charge in [-0.05, 0) is 43.7 Å². The second-order valence-corrected chi connectivity index (χ2v) is 7.93. The zero-order valence-electron chi connectivity index (χ0n) is 15.3. The number of anilines is 2. The van der Waals surface area contributed by atoms with Crippen molar-refractivity contribution in [3.05, 3.63) is 59.7 Å². The highest BCUT2D eigenvalue weighted by molar-refractivity contribution is 7.99. The van der Waals surface area contributed by atoms with Crippen LogP contribution in [-0.4, -0.2) is 23.1 Å². The number of nitrogens with zero attached hydrogens (tertiary/aromatic N) is 1. The van der Waals surface area contributed by atoms with E-state index in [4.69, 9.17) is 0 Å². The average molecular weight is 408 g/mol. The van der Waals surface area contributed by atoms with Crippen molar-refractivity contribution >= 4 is 35.0 Å². The molecule has 2 aromatic carbocycles. The van der Waals surface area contributed by atoms with Crippen LogP contribution in [0.2, 0.25) is 0 Å². The van der Waals surface area contributed by atoms with Gasteiger partial charge in [0.1, 0.15) is 5.54 Å². The fraction of sp³-hybridized carbons (Fsp3) is 0.300. The van der Waals surface area contributed by atoms with Crippen LogP contribution in [0, 0.1) is 0 Å². The fourth-order valence-corrected chi connectivity index (χ4v) is 3.84. The summed E-state index contributed by atoms with van der Waals surface area (Å²) in [5.41, 5.74) is 0.164. The number of hydrogen-bond donors (Lipinski definition) is 1. The Morgan fingerprint density at radius 3 is 2.39 bits per heavy atom. The Balaban J connectivity index is 1.68. The molecule has 2 amide bonds. The molecular weight excluding hydrogens is 389 g/mol. The molecule has 4 nitrogen and oxygen atoms in total. The molecule has 8 heteroatoms. The minimum atomic E-state index is -4.37. The lowest BCUT2D eigenvalue weighted by atomic mass is 9.96. The number of amides is 2. The summed E-state index contributed by atoms with van der Waals surface area (Å²) in [7, 11) is 0. The first-order chi connectivity index (χ1) is 13.1. The van der Waals surface area contributed by atoms with Crippen molar-refractivity contribution < 1.29 is 22.8 Å². The van der Waals surface area contributed by atoms with Gasteiger partial charge in [0.15, 0.2) is 0 Å². The topological polar surface area (TPSA) is 49.4 Å². The number of benzene rings is 2. The highest BCUT2D eigenvalue weighted by Crippen LogP contribution is 2.37. The molecule has 1 aliphatic heterocycles. The molecule has 148 valence electrons. The lowest BCUT2D eigenvalue weighted by molar-refractivity contribution is -0.137. The smallest absolute Gasteiger partial charge is 0.322 e. The Labute approximate surface area is 165 Å². The van der Waals surface area contributed by atoms with Crippen LogP contribution in [0.3, 0.4) is 0 Å². The van der Waals surface area contributed by atoms with Crippen LogP contribution >= 0.6 is 11.8 Å². The van der Waals surface area contributed by atoms with E-state index in [1.165, 1.54) is 28.8 Å². The molecule has 0 bridgehead atoms. The van der Waals surface area contributed by atoms with Gasteiger partial charge in [0.05, 0.1) is 22.7 Å². The number of thioether (sulfide) groups is 1. The Morgan fingerprint density at radius 2 is 1.75 bits per heavy atom. The SMILES string of the molecule is CC1(C)C(=O)Nc2ccccc2N1C(=O)CSCc1ccc(C(F)(F)F)cc1. The number of para-hydroxylation sites is 2. The van der Waals surface area contributed by atoms with Crippen molar-refractivity contribution in [3.8, 4) is 0 Å². The normalized spacial score (nSPS) is 15.8. The van der Waals surface area contributed by atoms with Crippen molar-refractivity contribution in [1.29, 1.82) is 0 Å². The van der Waals surface area contributed by atoms with Gasteiger partial charge in [-0.3, -0.25) is 14.5 Å². The molecule has 0 aromatic heterocycles. The van der Waals surface area contributed by atoms with Crippen LogP contribution in [-0.2, 0) is 21.5 Å². The zero-order chi connectivity index (χ0) is 20.5. The second kappa shape index (κ2) is 7.50. The molecule has 0 saturated carbocycles. The van der Waals surface area contributed by atoms with E-state index in [0.29, 0.717) is 22.7 Å². The largest absolute Gasteiger partial charge is 0.416 e. The van der Waals surface area contributed by atoms with E-state index in [0.717, 1.165) is 12.1 Å². The van der Waals surface area contributed by atoms with Crippen LogP contribution in [0.5, 0.6) is 0 Å². The van der Waals surface area contributed by atoms with Crippen molar-refractivity contribution in [3.63, 3.8) is 0 Å². The number of carbonyl (C=O) groups is 2. The Bertz CT molecular complexity index is 895. The molecule has 28 heavy (non-hydrogen) atoms. The molecule has 0 saturated heterocycles. The van der Waals surface area contributed by atoms with Gasteiger partial charge in [0, 0.05) is 5.75 Å². The third-order valence-corrected chi connectivity index (χ3v) is 5.52. The number of rotatable bonds is 4. The number of nitrogens with one attached hydrogen (secondary N) is 1. The number of alkyl halides is 3. The summed E-state index contributed by atoms with van der Waals surface area (Å²) in [6.07, 6.45) is -4.37. The average Bonchev–Trinajstić information content (AvgIpc) is 2.62. The van der Waals surface area contributed by atoms with Crippen molar-refractivity contribution in [1.82, 2.24) is 0 Å². The lowest BCUT2D eigenvalue weighted by Gasteiger charge is -2.42. The number of fused-ring (bicyclic) bond motifs is 1. The van der Waals surface area contributed by atoms with Crippen molar-refractivity contribution in [2.75, 3.05) is 16.0 Å². The Hall–Kier alpha value is -2.48. The van der Waals surface area contributed by atoms with Gasteiger partial charge in [-0.25, -0.2) is 0 Å². The zero-order valence-corrected chi connectivity index (χ0v) is 16.2. The fourth-order valence-electron chi connectivity index (χ4n) is 3.01. The van der Waals surface area contributed by atoms with Gasteiger partial charge in [-0.15, -0.1) is 11.8 Å². The molecule has 1 N–H and O–H groups in total. The Kier molecular flexibility index (Phi) is 5.43. The maximum absolute atomic E-state index is 12.9. The van der Waals surface area contributed by atoms with Gasteiger partial charge in [-0.2, -0.15) is 13.2 Å². The molecular formula is C20H19F3N2O2S. The minimum absolute atomic E-state index is 0.103. The van der Waals surface area contributed by atoms with E-state index in [1.54, 1.807) is 38.1 Å². The maximum atomic E-state index is 12.9. The van der Waals surface area contributed by atoms with Gasteiger partial charge < -0.3 is 5.32 Å². The highest BCUT2D eigenvalue weighted by Gasteiger charge is 2.43. The first kappa shape index (κ1) is 20.3. The number of hydrogen-bond acceptors (Lipinski definition) is 3. The van der Waals surface area contributed by atoms with Gasteiger partial charge in [0.2, 0.25) is 11.8 Å². The summed E-state index contributed by atoms with van der Waals surface area (Å²) in [5.74, 6) is -0.00517. The molecule has 0 radical (unpaired) electrons. The quantitative estimate of drug-likeness (QED) is 0.798. The van der Waals surface area contributed by atoms with E-state index in [-0.39, 0.29) is 17.6 Å². The first-order valence-corrected chi connectivity index (χ1v) is 9.73. The predicted octanol–water partition coefficient (Wildman–Crippen LogP) is 4.70. The monoisotopic (exact) mass is 408 g/mol. The molecule has 0 aliphatic carbocycles. The summed E-state index contributed by atoms with van der Waals surface area (Å²) in [5, 5.41) is 2.80. The number of carbonyl (C=O) groups excluding carboxylic acids is 2. The van der Waals surface area contributed by atoms with Crippen molar-refractivity contribution in [2.24, 2.45) is 0 Å². The van der Waals surface area contributed by atoms with Crippen LogP contribution in [0.4, 0.5) is 24.5 Å². The molecule has 0 atom stereocenters. The third kappa shape index (κ3) is 4.01. The predicted molar refractivity (Wildman–Crippen MR) is 104 cm³/mol. The molecule has 2 aromatic rings. The molecule has 1 heterocycles. The van der Waals surface area contributed by atoms with Gasteiger partial charge in [0.25, 0.3) is 0 Å². The van der Waals surface area contributed by atoms with E-state index in [9.17, 15) is 22.8 Å². The summed E-state index contributed by atoms with van der Waals surface area (Å²) in [6.45, 7) is 3.35. The van der Waals surface area contributed by atoms with E-state index < -0.39 is 17.3 Å². The molecule has 0 unspecified atom stereocenters. The van der Waals surface area contributed by atoms with E-state index in [2.05, 4.69) is 5.32 Å². The highest BCUT2D eigenvalue weighted by atomic mass is 32.2. The minimum Gasteiger partial charge on any atom is -0.322 e. The maximum Gasteiger partial charge on any atom is 0.416 e. The van der Waals surface area contributed by atoms with Gasteiger partial charge in [-0.1, -0.05) is 24.3 Å². The molecule has 0 spiro atoms. The second-order valence-electron chi connectivity index (χ2n) is 6.95. The van der Waals surface area contributed by atoms with Gasteiger partial charge >= 0.3 is 6.18 Å². The van der Waals surface area contributed by atoms with E-state index in [1.807, 2.05) is 0 Å². The summed E-state index contributed by atoms with van der Waals surface area (Å²) < 4.78 is 37.9. The van der Waals surface area contributed by atoms with Crippen LogP contribution in [0.25, 0.3) is 0 Å². The van der Waals surface area contributed by atoms with Crippen LogP contribution in [0.1, 0.15) is 25.0 Å². The molecule has 3 rings (SSSR count). The summed E-state index contributed by atoms with van der Waals surface area (Å²) in [4.78, 5) is 26.8. The summed E-state index contributed by atoms with van der Waals surface area (Å²) >= 11 is 1.29. The summed E-state index contributed by atoms with van der Waals surface area (Å²) in [6, 6.07) is 12.0. The van der Waals surface area contributed by atoms with Crippen LogP contribution < -0.4 is 10.2 Å². The van der Waals surface area contributed by atoms with E-state index >= 15 is 0 Å². The Morgan fingerprint density at radius 1 is 1.11 bits per heavy atom. The van der Waals surface area contributed by atoms with Crippen molar-refractivity contribution in [2.45, 2.75) is 31.3 Å². The van der Waals surface area contributed by atoms with Crippen LogP contribution in [0.15, 0.2) is 48.5 Å². The number of halogens is 3. The third-order valence-electron chi connectivity index (χ3n) is 4.53. The molecule has 0 fully saturated rings. The lowest BCUT2D eigenvalue weighted by Crippen LogP contribution is -2.58. The standard InChI is InChI=1S/C20H19F3N2O2S/c1-19(2)18(27)24-15-5-3-4-6-16(15)25(19)17(26)12-28-11-13-7-9-14(10-8-13)20(21,22)23/h3-10H,11-12H2,1-2H3,(H,24,27). The first-order valence-electron chi connectivity index (χ1n) is 8.58.